The molecule has 2 atom stereocenters. The van der Waals surface area contributed by atoms with Crippen LogP contribution >= 0.6 is 11.8 Å². The maximum absolute atomic E-state index is 12.9. The zero-order chi connectivity index (χ0) is 15.4. The first-order chi connectivity index (χ1) is 9.97. The number of hydrogen-bond acceptors (Lipinski definition) is 5. The van der Waals surface area contributed by atoms with Crippen molar-refractivity contribution in [1.82, 2.24) is 25.5 Å². The SMILES string of the molecule is C[C@@H](Sc1nnnn1C)C(=O)N[C@H](C)c1ccc(F)cc1. The van der Waals surface area contributed by atoms with Crippen LogP contribution in [0.15, 0.2) is 29.4 Å². The first-order valence-corrected chi connectivity index (χ1v) is 7.30. The van der Waals surface area contributed by atoms with Gasteiger partial charge in [-0.15, -0.1) is 5.10 Å². The van der Waals surface area contributed by atoms with Crippen LogP contribution in [-0.4, -0.2) is 31.4 Å². The molecule has 21 heavy (non-hydrogen) atoms. The average Bonchev–Trinajstić information content (AvgIpc) is 2.84. The van der Waals surface area contributed by atoms with E-state index in [1.54, 1.807) is 26.1 Å². The summed E-state index contributed by atoms with van der Waals surface area (Å²) in [6, 6.07) is 5.87. The number of nitrogens with zero attached hydrogens (tertiary/aromatic N) is 4. The molecule has 112 valence electrons. The summed E-state index contributed by atoms with van der Waals surface area (Å²) < 4.78 is 14.4. The van der Waals surface area contributed by atoms with Gasteiger partial charge in [0.25, 0.3) is 0 Å². The molecule has 1 amide bonds. The molecule has 0 aliphatic carbocycles. The number of tetrazole rings is 1. The van der Waals surface area contributed by atoms with Crippen LogP contribution in [0.25, 0.3) is 0 Å². The van der Waals surface area contributed by atoms with Gasteiger partial charge in [-0.25, -0.2) is 9.07 Å². The van der Waals surface area contributed by atoms with Gasteiger partial charge in [-0.2, -0.15) is 0 Å². The van der Waals surface area contributed by atoms with Crippen LogP contribution < -0.4 is 5.32 Å². The number of thioether (sulfide) groups is 1. The van der Waals surface area contributed by atoms with Gasteiger partial charge in [0.15, 0.2) is 0 Å². The molecule has 0 radical (unpaired) electrons. The third kappa shape index (κ3) is 4.01. The van der Waals surface area contributed by atoms with E-state index >= 15 is 0 Å². The number of amides is 1. The molecule has 2 aromatic rings. The highest BCUT2D eigenvalue weighted by molar-refractivity contribution is 8.00. The van der Waals surface area contributed by atoms with Gasteiger partial charge in [0, 0.05) is 7.05 Å². The lowest BCUT2D eigenvalue weighted by Crippen LogP contribution is -2.33. The predicted octanol–water partition coefficient (Wildman–Crippen LogP) is 1.71. The molecule has 0 saturated heterocycles. The summed E-state index contributed by atoms with van der Waals surface area (Å²) >= 11 is 1.28. The Morgan fingerprint density at radius 1 is 1.33 bits per heavy atom. The molecule has 0 saturated carbocycles. The van der Waals surface area contributed by atoms with Crippen molar-refractivity contribution in [3.8, 4) is 0 Å². The maximum Gasteiger partial charge on any atom is 0.233 e. The highest BCUT2D eigenvalue weighted by atomic mass is 32.2. The molecule has 1 aromatic carbocycles. The van der Waals surface area contributed by atoms with Gasteiger partial charge in [0.1, 0.15) is 5.82 Å². The first-order valence-electron chi connectivity index (χ1n) is 6.42. The van der Waals surface area contributed by atoms with E-state index in [2.05, 4.69) is 20.8 Å². The van der Waals surface area contributed by atoms with Gasteiger partial charge < -0.3 is 5.32 Å². The van der Waals surface area contributed by atoms with Crippen molar-refractivity contribution < 1.29 is 9.18 Å². The number of rotatable bonds is 5. The molecule has 0 unspecified atom stereocenters. The van der Waals surface area contributed by atoms with Crippen LogP contribution in [-0.2, 0) is 11.8 Å². The van der Waals surface area contributed by atoms with Crippen LogP contribution in [0, 0.1) is 5.82 Å². The fourth-order valence-electron chi connectivity index (χ4n) is 1.70. The largest absolute Gasteiger partial charge is 0.349 e. The van der Waals surface area contributed by atoms with Crippen molar-refractivity contribution in [2.75, 3.05) is 0 Å². The number of benzene rings is 1. The summed E-state index contributed by atoms with van der Waals surface area (Å²) in [5.74, 6) is -0.421. The Hall–Kier alpha value is -1.96. The lowest BCUT2D eigenvalue weighted by atomic mass is 10.1. The molecule has 0 aliphatic rings. The number of carbonyl (C=O) groups excluding carboxylic acids is 1. The van der Waals surface area contributed by atoms with E-state index in [0.29, 0.717) is 5.16 Å². The molecule has 2 rings (SSSR count). The molecule has 0 fully saturated rings. The Labute approximate surface area is 126 Å². The van der Waals surface area contributed by atoms with Crippen molar-refractivity contribution >= 4 is 17.7 Å². The zero-order valence-electron chi connectivity index (χ0n) is 11.9. The minimum Gasteiger partial charge on any atom is -0.349 e. The molecule has 8 heteroatoms. The van der Waals surface area contributed by atoms with E-state index in [4.69, 9.17) is 0 Å². The molecular formula is C13H16FN5OS. The molecule has 0 spiro atoms. The van der Waals surface area contributed by atoms with E-state index in [1.807, 2.05) is 6.92 Å². The van der Waals surface area contributed by atoms with Gasteiger partial charge >= 0.3 is 0 Å². The molecule has 0 bridgehead atoms. The number of halogens is 1. The van der Waals surface area contributed by atoms with Crippen molar-refractivity contribution in [3.05, 3.63) is 35.6 Å². The average molecular weight is 309 g/mol. The van der Waals surface area contributed by atoms with Gasteiger partial charge in [-0.3, -0.25) is 4.79 Å². The topological polar surface area (TPSA) is 72.7 Å². The highest BCUT2D eigenvalue weighted by Crippen LogP contribution is 2.20. The van der Waals surface area contributed by atoms with Gasteiger partial charge in [-0.05, 0) is 42.0 Å². The lowest BCUT2D eigenvalue weighted by Gasteiger charge is -2.17. The number of aromatic nitrogens is 4. The minimum absolute atomic E-state index is 0.125. The Balaban J connectivity index is 1.94. The van der Waals surface area contributed by atoms with Gasteiger partial charge in [-0.1, -0.05) is 23.9 Å². The molecular weight excluding hydrogens is 293 g/mol. The summed E-state index contributed by atoms with van der Waals surface area (Å²) in [5, 5.41) is 14.2. The van der Waals surface area contributed by atoms with Crippen LogP contribution in [0.5, 0.6) is 0 Å². The second kappa shape index (κ2) is 6.66. The van der Waals surface area contributed by atoms with Crippen LogP contribution in [0.3, 0.4) is 0 Å². The summed E-state index contributed by atoms with van der Waals surface area (Å²) in [6.07, 6.45) is 0. The van der Waals surface area contributed by atoms with Crippen molar-refractivity contribution in [2.24, 2.45) is 7.05 Å². The number of aryl methyl sites for hydroxylation is 1. The third-order valence-corrected chi connectivity index (χ3v) is 4.09. The Kier molecular flexibility index (Phi) is 4.89. The summed E-state index contributed by atoms with van der Waals surface area (Å²) in [4.78, 5) is 12.1. The quantitative estimate of drug-likeness (QED) is 0.851. The summed E-state index contributed by atoms with van der Waals surface area (Å²) in [6.45, 7) is 3.64. The molecule has 1 N–H and O–H groups in total. The van der Waals surface area contributed by atoms with E-state index in [1.165, 1.54) is 28.6 Å². The lowest BCUT2D eigenvalue weighted by molar-refractivity contribution is -0.120. The normalized spacial score (nSPS) is 13.7. The summed E-state index contributed by atoms with van der Waals surface area (Å²) in [5.41, 5.74) is 0.849. The van der Waals surface area contributed by atoms with Crippen LogP contribution in [0.2, 0.25) is 0 Å². The minimum atomic E-state index is -0.336. The van der Waals surface area contributed by atoms with E-state index < -0.39 is 0 Å². The van der Waals surface area contributed by atoms with Crippen molar-refractivity contribution in [1.29, 1.82) is 0 Å². The number of carbonyl (C=O) groups is 1. The monoisotopic (exact) mass is 309 g/mol. The van der Waals surface area contributed by atoms with Gasteiger partial charge in [0.05, 0.1) is 11.3 Å². The second-order valence-corrected chi connectivity index (χ2v) is 5.93. The summed E-state index contributed by atoms with van der Waals surface area (Å²) in [7, 11) is 1.72. The molecule has 1 heterocycles. The smallest absolute Gasteiger partial charge is 0.233 e. The molecule has 6 nitrogen and oxygen atoms in total. The van der Waals surface area contributed by atoms with E-state index in [9.17, 15) is 9.18 Å². The molecule has 0 aliphatic heterocycles. The Bertz CT molecular complexity index is 615. The molecule has 1 aromatic heterocycles. The van der Waals surface area contributed by atoms with Crippen molar-refractivity contribution in [3.63, 3.8) is 0 Å². The number of hydrogen-bond donors (Lipinski definition) is 1. The zero-order valence-corrected chi connectivity index (χ0v) is 12.8. The fourth-order valence-corrected chi connectivity index (χ4v) is 2.46. The number of nitrogens with one attached hydrogen (secondary N) is 1. The Morgan fingerprint density at radius 2 is 2.00 bits per heavy atom. The maximum atomic E-state index is 12.9. The Morgan fingerprint density at radius 3 is 2.57 bits per heavy atom. The van der Waals surface area contributed by atoms with Crippen LogP contribution in [0.4, 0.5) is 4.39 Å². The first kappa shape index (κ1) is 15.4. The van der Waals surface area contributed by atoms with Gasteiger partial charge in [0.2, 0.25) is 11.1 Å². The standard InChI is InChI=1S/C13H16FN5OS/c1-8(10-4-6-11(14)7-5-10)15-12(20)9(2)21-13-16-17-18-19(13)3/h4-9H,1-3H3,(H,15,20)/t8-,9-/m1/s1. The van der Waals surface area contributed by atoms with Crippen LogP contribution in [0.1, 0.15) is 25.5 Å². The fraction of sp³-hybridized carbons (Fsp3) is 0.385. The predicted molar refractivity (Wildman–Crippen MR) is 77.1 cm³/mol. The van der Waals surface area contributed by atoms with E-state index in [0.717, 1.165) is 5.56 Å². The third-order valence-electron chi connectivity index (χ3n) is 2.96. The second-order valence-electron chi connectivity index (χ2n) is 4.63. The van der Waals surface area contributed by atoms with Crippen molar-refractivity contribution in [2.45, 2.75) is 30.3 Å². The highest BCUT2D eigenvalue weighted by Gasteiger charge is 2.19. The van der Waals surface area contributed by atoms with E-state index in [-0.39, 0.29) is 23.0 Å².